The molecule has 0 saturated heterocycles. The molecule has 1 amide bonds. The lowest BCUT2D eigenvalue weighted by Gasteiger charge is -2.12. The van der Waals surface area contributed by atoms with E-state index in [2.05, 4.69) is 15.6 Å². The average molecular weight is 328 g/mol. The van der Waals surface area contributed by atoms with Crippen molar-refractivity contribution in [2.75, 3.05) is 17.2 Å². The van der Waals surface area contributed by atoms with Crippen LogP contribution in [0.4, 0.5) is 15.8 Å². The zero-order valence-corrected chi connectivity index (χ0v) is 12.6. The van der Waals surface area contributed by atoms with Crippen LogP contribution in [0.25, 0.3) is 0 Å². The normalized spacial score (nSPS) is 10.3. The van der Waals surface area contributed by atoms with Gasteiger partial charge in [-0.05, 0) is 25.1 Å². The summed E-state index contributed by atoms with van der Waals surface area (Å²) in [5.74, 6) is -1.01. The molecule has 1 aromatic carbocycles. The summed E-state index contributed by atoms with van der Waals surface area (Å²) in [7, 11) is 0. The molecule has 21 heavy (non-hydrogen) atoms. The first-order valence-electron chi connectivity index (χ1n) is 6.16. The molecule has 2 rings (SSSR count). The fraction of sp³-hybridized carbons (Fsp3) is 0.143. The van der Waals surface area contributed by atoms with Crippen molar-refractivity contribution >= 4 is 40.5 Å². The third-order valence-corrected chi connectivity index (χ3v) is 3.27. The molecular formula is C14H12Cl2FN3O. The zero-order valence-electron chi connectivity index (χ0n) is 11.1. The molecular weight excluding hydrogens is 316 g/mol. The Labute approximate surface area is 131 Å². The summed E-state index contributed by atoms with van der Waals surface area (Å²) in [6.07, 6.45) is 3.01. The van der Waals surface area contributed by atoms with Gasteiger partial charge in [0, 0.05) is 18.9 Å². The molecule has 0 fully saturated rings. The Bertz CT molecular complexity index is 656. The molecule has 0 saturated carbocycles. The molecule has 0 aliphatic carbocycles. The number of nitrogens with zero attached hydrogens (tertiary/aromatic N) is 1. The lowest BCUT2D eigenvalue weighted by molar-refractivity contribution is 0.102. The second-order valence-electron chi connectivity index (χ2n) is 4.15. The highest BCUT2D eigenvalue weighted by molar-refractivity contribution is 6.40. The molecule has 2 N–H and O–H groups in total. The average Bonchev–Trinajstić information content (AvgIpc) is 2.43. The molecule has 0 spiro atoms. The molecule has 2 aromatic rings. The lowest BCUT2D eigenvalue weighted by atomic mass is 10.2. The molecule has 1 aromatic heterocycles. The number of aromatic nitrogens is 1. The van der Waals surface area contributed by atoms with Crippen LogP contribution < -0.4 is 10.6 Å². The molecule has 7 heteroatoms. The Morgan fingerprint density at radius 3 is 2.62 bits per heavy atom. The number of halogens is 3. The minimum Gasteiger partial charge on any atom is -0.385 e. The second-order valence-corrected chi connectivity index (χ2v) is 4.96. The van der Waals surface area contributed by atoms with Gasteiger partial charge in [0.2, 0.25) is 0 Å². The van der Waals surface area contributed by atoms with E-state index in [0.717, 1.165) is 12.1 Å². The third kappa shape index (κ3) is 3.62. The van der Waals surface area contributed by atoms with E-state index in [1.54, 1.807) is 12.3 Å². The molecule has 110 valence electrons. The number of carbonyl (C=O) groups is 1. The monoisotopic (exact) mass is 327 g/mol. The Morgan fingerprint density at radius 1 is 1.33 bits per heavy atom. The maximum absolute atomic E-state index is 13.1. The van der Waals surface area contributed by atoms with Crippen LogP contribution >= 0.6 is 23.2 Å². The van der Waals surface area contributed by atoms with E-state index < -0.39 is 11.7 Å². The van der Waals surface area contributed by atoms with Crippen LogP contribution in [0.3, 0.4) is 0 Å². The maximum atomic E-state index is 13.1. The fourth-order valence-electron chi connectivity index (χ4n) is 1.76. The van der Waals surface area contributed by atoms with Crippen molar-refractivity contribution in [1.29, 1.82) is 0 Å². The number of rotatable bonds is 4. The number of pyridine rings is 1. The maximum Gasteiger partial charge on any atom is 0.259 e. The van der Waals surface area contributed by atoms with Gasteiger partial charge in [-0.2, -0.15) is 0 Å². The molecule has 0 aliphatic heterocycles. The number of carbonyl (C=O) groups excluding carboxylic acids is 1. The van der Waals surface area contributed by atoms with Crippen LogP contribution in [0.2, 0.25) is 10.0 Å². The number of nitrogens with one attached hydrogen (secondary N) is 2. The van der Waals surface area contributed by atoms with Gasteiger partial charge in [0.15, 0.2) is 0 Å². The van der Waals surface area contributed by atoms with E-state index in [1.165, 1.54) is 6.20 Å². The number of hydrogen-bond donors (Lipinski definition) is 2. The first kappa shape index (κ1) is 15.5. The fourth-order valence-corrected chi connectivity index (χ4v) is 2.32. The quantitative estimate of drug-likeness (QED) is 0.884. The molecule has 4 nitrogen and oxygen atoms in total. The van der Waals surface area contributed by atoms with Crippen LogP contribution in [-0.4, -0.2) is 17.4 Å². The number of anilines is 2. The third-order valence-electron chi connectivity index (χ3n) is 2.68. The minimum atomic E-state index is -0.572. The standard InChI is InChI=1S/C14H12Cl2FN3O/c1-2-19-12-3-4-18-7-9(12)14(21)20-13-10(15)5-8(17)6-11(13)16/h3-7H,2H2,1H3,(H,18,19)(H,20,21). The Hall–Kier alpha value is -1.85. The van der Waals surface area contributed by atoms with Gasteiger partial charge in [0.05, 0.1) is 27.0 Å². The first-order valence-corrected chi connectivity index (χ1v) is 6.92. The van der Waals surface area contributed by atoms with Gasteiger partial charge >= 0.3 is 0 Å². The molecule has 0 unspecified atom stereocenters. The SMILES string of the molecule is CCNc1ccncc1C(=O)Nc1c(Cl)cc(F)cc1Cl. The van der Waals surface area contributed by atoms with Crippen molar-refractivity contribution in [3.8, 4) is 0 Å². The molecule has 0 aliphatic rings. The van der Waals surface area contributed by atoms with Crippen LogP contribution in [0.5, 0.6) is 0 Å². The summed E-state index contributed by atoms with van der Waals surface area (Å²) in [6.45, 7) is 2.57. The number of hydrogen-bond acceptors (Lipinski definition) is 3. The Balaban J connectivity index is 2.31. The van der Waals surface area contributed by atoms with Crippen molar-refractivity contribution in [3.63, 3.8) is 0 Å². The van der Waals surface area contributed by atoms with Crippen LogP contribution in [0.15, 0.2) is 30.6 Å². The van der Waals surface area contributed by atoms with Crippen molar-refractivity contribution in [2.45, 2.75) is 6.92 Å². The van der Waals surface area contributed by atoms with E-state index in [0.29, 0.717) is 17.8 Å². The lowest BCUT2D eigenvalue weighted by Crippen LogP contribution is -2.15. The van der Waals surface area contributed by atoms with E-state index in [9.17, 15) is 9.18 Å². The smallest absolute Gasteiger partial charge is 0.259 e. The Morgan fingerprint density at radius 2 is 2.00 bits per heavy atom. The predicted octanol–water partition coefficient (Wildman–Crippen LogP) is 4.21. The second kappa shape index (κ2) is 6.74. The summed E-state index contributed by atoms with van der Waals surface area (Å²) < 4.78 is 13.1. The minimum absolute atomic E-state index is 0.0299. The van der Waals surface area contributed by atoms with Crippen molar-refractivity contribution in [2.24, 2.45) is 0 Å². The molecule has 0 atom stereocenters. The van der Waals surface area contributed by atoms with E-state index in [1.807, 2.05) is 6.92 Å². The summed E-state index contributed by atoms with van der Waals surface area (Å²) >= 11 is 11.8. The van der Waals surface area contributed by atoms with Crippen LogP contribution in [-0.2, 0) is 0 Å². The van der Waals surface area contributed by atoms with E-state index in [4.69, 9.17) is 23.2 Å². The van der Waals surface area contributed by atoms with Gasteiger partial charge < -0.3 is 10.6 Å². The number of amides is 1. The summed E-state index contributed by atoms with van der Waals surface area (Å²) in [4.78, 5) is 16.2. The molecule has 1 heterocycles. The van der Waals surface area contributed by atoms with Crippen molar-refractivity contribution < 1.29 is 9.18 Å². The van der Waals surface area contributed by atoms with Crippen molar-refractivity contribution in [3.05, 3.63) is 52.0 Å². The number of benzene rings is 1. The zero-order chi connectivity index (χ0) is 15.4. The summed E-state index contributed by atoms with van der Waals surface area (Å²) in [6, 6.07) is 3.85. The molecule has 0 radical (unpaired) electrons. The van der Waals surface area contributed by atoms with Gasteiger partial charge in [-0.1, -0.05) is 23.2 Å². The highest BCUT2D eigenvalue weighted by Crippen LogP contribution is 2.32. The van der Waals surface area contributed by atoms with Gasteiger partial charge in [-0.15, -0.1) is 0 Å². The largest absolute Gasteiger partial charge is 0.385 e. The van der Waals surface area contributed by atoms with Gasteiger partial charge in [-0.25, -0.2) is 4.39 Å². The van der Waals surface area contributed by atoms with Gasteiger partial charge in [0.1, 0.15) is 5.82 Å². The first-order chi connectivity index (χ1) is 10.0. The topological polar surface area (TPSA) is 54.0 Å². The van der Waals surface area contributed by atoms with Crippen molar-refractivity contribution in [1.82, 2.24) is 4.98 Å². The van der Waals surface area contributed by atoms with Gasteiger partial charge in [0.25, 0.3) is 5.91 Å². The van der Waals surface area contributed by atoms with Crippen LogP contribution in [0, 0.1) is 5.82 Å². The predicted molar refractivity (Wildman–Crippen MR) is 82.8 cm³/mol. The highest BCUT2D eigenvalue weighted by atomic mass is 35.5. The molecule has 0 bridgehead atoms. The van der Waals surface area contributed by atoms with Crippen LogP contribution in [0.1, 0.15) is 17.3 Å². The summed E-state index contributed by atoms with van der Waals surface area (Å²) in [5, 5.41) is 5.69. The van der Waals surface area contributed by atoms with Gasteiger partial charge in [-0.3, -0.25) is 9.78 Å². The Kier molecular flexibility index (Phi) is 4.98. The highest BCUT2D eigenvalue weighted by Gasteiger charge is 2.16. The van der Waals surface area contributed by atoms with E-state index in [-0.39, 0.29) is 15.7 Å². The van der Waals surface area contributed by atoms with E-state index >= 15 is 0 Å². The summed E-state index contributed by atoms with van der Waals surface area (Å²) in [5.41, 5.74) is 1.14.